The molecule has 5 aliphatic carbocycles. The van der Waals surface area contributed by atoms with Crippen molar-refractivity contribution in [1.29, 1.82) is 0 Å². The molecule has 5 saturated carbocycles. The summed E-state index contributed by atoms with van der Waals surface area (Å²) >= 11 is 0. The average molecular weight is 473 g/mol. The number of aliphatic hydroxyl groups excluding tert-OH is 2. The lowest BCUT2D eigenvalue weighted by Gasteiger charge is -2.71. The van der Waals surface area contributed by atoms with Crippen molar-refractivity contribution >= 4 is 5.97 Å². The van der Waals surface area contributed by atoms with E-state index in [1.54, 1.807) is 0 Å². The van der Waals surface area contributed by atoms with Crippen LogP contribution in [0.5, 0.6) is 0 Å². The molecule has 2 aliphatic heterocycles. The van der Waals surface area contributed by atoms with E-state index in [2.05, 4.69) is 27.4 Å². The Bertz CT molecular complexity index is 995. The van der Waals surface area contributed by atoms with Crippen LogP contribution in [0.2, 0.25) is 0 Å². The second kappa shape index (κ2) is 6.12. The molecular weight excluding hydrogens is 432 g/mol. The maximum Gasteiger partial charge on any atom is 0.313 e. The van der Waals surface area contributed by atoms with E-state index in [1.807, 2.05) is 0 Å². The van der Waals surface area contributed by atoms with Gasteiger partial charge in [0.15, 0.2) is 5.60 Å². The minimum Gasteiger partial charge on any atom is -0.455 e. The predicted molar refractivity (Wildman–Crippen MR) is 123 cm³/mol. The Balaban J connectivity index is 1.38. The number of hydrogen-bond donors (Lipinski definition) is 3. The van der Waals surface area contributed by atoms with Crippen LogP contribution in [0.25, 0.3) is 0 Å². The first-order valence-electron chi connectivity index (χ1n) is 13.5. The first kappa shape index (κ1) is 22.3. The van der Waals surface area contributed by atoms with Gasteiger partial charge in [0, 0.05) is 11.3 Å². The maximum atomic E-state index is 13.6. The third-order valence-electron chi connectivity index (χ3n) is 13.3. The number of epoxide rings is 1. The fourth-order valence-corrected chi connectivity index (χ4v) is 11.4. The van der Waals surface area contributed by atoms with Crippen LogP contribution in [0.4, 0.5) is 0 Å². The normalized spacial score (nSPS) is 63.6. The summed E-state index contributed by atoms with van der Waals surface area (Å²) in [4.78, 5) is 13.6. The smallest absolute Gasteiger partial charge is 0.313 e. The van der Waals surface area contributed by atoms with E-state index in [0.29, 0.717) is 6.42 Å². The SMILES string of the molecule is C=C1CC[C@@]23CC[C@]4(C)[C@](OC2=O)([C@H]2O[C@H]2[C@@H]2[C@@]5(C)CC[C@H](O)[C@@](O)(CO)[C@H]5CC[C@]24C)[C@H]3C1. The summed E-state index contributed by atoms with van der Waals surface area (Å²) < 4.78 is 13.3. The van der Waals surface area contributed by atoms with E-state index in [0.717, 1.165) is 51.4 Å². The molecule has 12 atom stereocenters. The highest BCUT2D eigenvalue weighted by Gasteiger charge is 2.88. The number of carbonyl (C=O) groups is 1. The Morgan fingerprint density at radius 3 is 2.56 bits per heavy atom. The number of aliphatic hydroxyl groups is 3. The molecule has 3 N–H and O–H groups in total. The number of allylic oxidation sites excluding steroid dienone is 1. The van der Waals surface area contributed by atoms with Crippen molar-refractivity contribution in [3.8, 4) is 0 Å². The number of rotatable bonds is 1. The Labute approximate surface area is 202 Å². The van der Waals surface area contributed by atoms with E-state index >= 15 is 0 Å². The Hall–Kier alpha value is -0.950. The molecule has 34 heavy (non-hydrogen) atoms. The number of hydrogen-bond acceptors (Lipinski definition) is 6. The number of fused-ring (bicyclic) bond motifs is 6. The van der Waals surface area contributed by atoms with E-state index in [1.165, 1.54) is 5.57 Å². The lowest BCUT2D eigenvalue weighted by molar-refractivity contribution is -0.287. The van der Waals surface area contributed by atoms with Gasteiger partial charge in [-0.15, -0.1) is 0 Å². The highest BCUT2D eigenvalue weighted by atomic mass is 16.6. The molecule has 6 nitrogen and oxygen atoms in total. The monoisotopic (exact) mass is 472 g/mol. The van der Waals surface area contributed by atoms with Crippen molar-refractivity contribution in [2.75, 3.05) is 6.61 Å². The molecule has 0 aromatic rings. The van der Waals surface area contributed by atoms with Crippen LogP contribution in [-0.2, 0) is 14.3 Å². The van der Waals surface area contributed by atoms with Gasteiger partial charge in [-0.2, -0.15) is 0 Å². The molecule has 2 heterocycles. The zero-order valence-corrected chi connectivity index (χ0v) is 20.8. The molecule has 2 bridgehead atoms. The molecule has 2 saturated heterocycles. The molecule has 7 rings (SSSR count). The van der Waals surface area contributed by atoms with E-state index < -0.39 is 23.9 Å². The highest BCUT2D eigenvalue weighted by Crippen LogP contribution is 2.82. The summed E-state index contributed by atoms with van der Waals surface area (Å²) in [6.45, 7) is 11.0. The van der Waals surface area contributed by atoms with Crippen molar-refractivity contribution in [1.82, 2.24) is 0 Å². The van der Waals surface area contributed by atoms with Crippen molar-refractivity contribution < 1.29 is 29.6 Å². The topological polar surface area (TPSA) is 99.5 Å². The van der Waals surface area contributed by atoms with Crippen LogP contribution in [0, 0.1) is 39.4 Å². The molecule has 1 spiro atoms. The minimum absolute atomic E-state index is 0.000340. The van der Waals surface area contributed by atoms with E-state index in [-0.39, 0.29) is 57.6 Å². The third-order valence-corrected chi connectivity index (χ3v) is 13.3. The van der Waals surface area contributed by atoms with Crippen LogP contribution in [0.15, 0.2) is 12.2 Å². The molecule has 0 amide bonds. The van der Waals surface area contributed by atoms with Gasteiger partial charge in [0.1, 0.15) is 11.7 Å². The van der Waals surface area contributed by atoms with Crippen molar-refractivity contribution in [2.45, 2.75) is 108 Å². The molecule has 0 radical (unpaired) electrons. The number of ether oxygens (including phenoxy) is 2. The highest BCUT2D eigenvalue weighted by molar-refractivity contribution is 5.82. The molecular formula is C28H40O6. The van der Waals surface area contributed by atoms with Gasteiger partial charge in [0.2, 0.25) is 0 Å². The molecule has 6 heteroatoms. The van der Waals surface area contributed by atoms with Crippen LogP contribution in [0.3, 0.4) is 0 Å². The fraction of sp³-hybridized carbons (Fsp3) is 0.893. The number of esters is 1. The van der Waals surface area contributed by atoms with Gasteiger partial charge in [-0.3, -0.25) is 4.79 Å². The summed E-state index contributed by atoms with van der Waals surface area (Å²) in [5.74, 6) is 0.134. The summed E-state index contributed by atoms with van der Waals surface area (Å²) in [5, 5.41) is 32.4. The molecule has 7 fully saturated rings. The standard InChI is InChI=1S/C28H40O6/c1-15-5-10-26-12-11-25(4)24(3)9-6-16-23(2,8-7-18(30)27(16,32)14-29)20(24)19-21(33-19)28(25,17(26)13-15)34-22(26)31/h16-21,29-30,32H,1,5-14H2,2-4H3/t16-,17-,18-,19-,20+,21-,23-,24+,25-,26-,27+,28+/m0/s1. The van der Waals surface area contributed by atoms with Gasteiger partial charge < -0.3 is 24.8 Å². The van der Waals surface area contributed by atoms with Crippen molar-refractivity contribution in [3.05, 3.63) is 12.2 Å². The summed E-state index contributed by atoms with van der Waals surface area (Å²) in [5.41, 5.74) is -1.86. The average Bonchev–Trinajstić information content (AvgIpc) is 3.55. The quantitative estimate of drug-likeness (QED) is 0.308. The van der Waals surface area contributed by atoms with E-state index in [4.69, 9.17) is 9.47 Å². The van der Waals surface area contributed by atoms with Crippen LogP contribution >= 0.6 is 0 Å². The van der Waals surface area contributed by atoms with Gasteiger partial charge in [0.25, 0.3) is 0 Å². The van der Waals surface area contributed by atoms with Crippen LogP contribution in [0.1, 0.15) is 78.6 Å². The van der Waals surface area contributed by atoms with E-state index in [9.17, 15) is 20.1 Å². The largest absolute Gasteiger partial charge is 0.455 e. The minimum atomic E-state index is -1.47. The van der Waals surface area contributed by atoms with Gasteiger partial charge in [0.05, 0.1) is 24.2 Å². The zero-order chi connectivity index (χ0) is 24.1. The van der Waals surface area contributed by atoms with Gasteiger partial charge >= 0.3 is 5.97 Å². The summed E-state index contributed by atoms with van der Waals surface area (Å²) in [7, 11) is 0. The van der Waals surface area contributed by atoms with Gasteiger partial charge in [-0.25, -0.2) is 0 Å². The molecule has 188 valence electrons. The Kier molecular flexibility index (Phi) is 4.01. The molecule has 0 unspecified atom stereocenters. The first-order valence-corrected chi connectivity index (χ1v) is 13.5. The molecule has 7 aliphatic rings. The fourth-order valence-electron chi connectivity index (χ4n) is 11.4. The predicted octanol–water partition coefficient (Wildman–Crippen LogP) is 3.12. The summed E-state index contributed by atoms with van der Waals surface area (Å²) in [6.07, 6.45) is 6.33. The van der Waals surface area contributed by atoms with Crippen molar-refractivity contribution in [2.24, 2.45) is 39.4 Å². The van der Waals surface area contributed by atoms with Gasteiger partial charge in [-0.1, -0.05) is 32.9 Å². The summed E-state index contributed by atoms with van der Waals surface area (Å²) in [6, 6.07) is 0. The first-order chi connectivity index (χ1) is 15.9. The lowest BCUT2D eigenvalue weighted by atomic mass is 9.31. The van der Waals surface area contributed by atoms with Crippen LogP contribution in [-0.4, -0.2) is 57.4 Å². The Morgan fingerprint density at radius 1 is 1.06 bits per heavy atom. The molecule has 0 aromatic heterocycles. The van der Waals surface area contributed by atoms with Crippen LogP contribution < -0.4 is 0 Å². The maximum absolute atomic E-state index is 13.6. The van der Waals surface area contributed by atoms with Gasteiger partial charge in [-0.05, 0) is 80.5 Å². The zero-order valence-electron chi connectivity index (χ0n) is 20.8. The third kappa shape index (κ3) is 2.01. The molecule has 0 aromatic carbocycles. The second-order valence-corrected chi connectivity index (χ2v) is 13.9. The second-order valence-electron chi connectivity index (χ2n) is 13.9. The Morgan fingerprint density at radius 2 is 1.82 bits per heavy atom. The van der Waals surface area contributed by atoms with Crippen molar-refractivity contribution in [3.63, 3.8) is 0 Å². The number of carbonyl (C=O) groups excluding carboxylic acids is 1. The lowest BCUT2D eigenvalue weighted by Crippen LogP contribution is -2.75.